The van der Waals surface area contributed by atoms with Crippen LogP contribution in [0.5, 0.6) is 0 Å². The fraction of sp³-hybridized carbons (Fsp3) is 0.889. The van der Waals surface area contributed by atoms with Gasteiger partial charge in [-0.25, -0.2) is 0 Å². The molecule has 2 atom stereocenters. The molecule has 12 heavy (non-hydrogen) atoms. The molecule has 1 aliphatic rings. The highest BCUT2D eigenvalue weighted by molar-refractivity contribution is 7.81. The average molecular weight is 188 g/mol. The van der Waals surface area contributed by atoms with Crippen molar-refractivity contribution >= 4 is 18.6 Å². The number of aliphatic carboxylic acids is 1. The van der Waals surface area contributed by atoms with Crippen molar-refractivity contribution < 1.29 is 9.90 Å². The lowest BCUT2D eigenvalue weighted by Crippen LogP contribution is -2.31. The van der Waals surface area contributed by atoms with Gasteiger partial charge in [-0.3, -0.25) is 4.79 Å². The maximum Gasteiger partial charge on any atom is 0.304 e. The molecule has 1 rings (SSSR count). The Morgan fingerprint density at radius 3 is 2.92 bits per heavy atom. The average Bonchev–Trinajstić information content (AvgIpc) is 1.82. The number of carboxylic acids is 1. The highest BCUT2D eigenvalue weighted by atomic mass is 32.1. The molecule has 1 fully saturated rings. The highest BCUT2D eigenvalue weighted by Crippen LogP contribution is 2.39. The van der Waals surface area contributed by atoms with Crippen LogP contribution < -0.4 is 0 Å². The van der Waals surface area contributed by atoms with E-state index in [1.54, 1.807) is 0 Å². The van der Waals surface area contributed by atoms with Gasteiger partial charge in [-0.15, -0.1) is 0 Å². The standard InChI is InChI=1S/C9H16O2S/c1-7-3-2-4-9(12,5-7)6-8(10)11/h7,12H,2-6H2,1H3,(H,10,11). The number of hydrogen-bond acceptors (Lipinski definition) is 2. The predicted molar refractivity (Wildman–Crippen MR) is 51.6 cm³/mol. The molecule has 0 aliphatic heterocycles. The monoisotopic (exact) mass is 188 g/mol. The van der Waals surface area contributed by atoms with E-state index in [1.807, 2.05) is 0 Å². The number of rotatable bonds is 2. The first kappa shape index (κ1) is 9.90. The van der Waals surface area contributed by atoms with Crippen molar-refractivity contribution in [1.82, 2.24) is 0 Å². The van der Waals surface area contributed by atoms with Gasteiger partial charge in [-0.2, -0.15) is 12.6 Å². The summed E-state index contributed by atoms with van der Waals surface area (Å²) in [6.07, 6.45) is 4.45. The van der Waals surface area contributed by atoms with Crippen LogP contribution in [0.25, 0.3) is 0 Å². The lowest BCUT2D eigenvalue weighted by Gasteiger charge is -2.34. The van der Waals surface area contributed by atoms with Gasteiger partial charge in [0.25, 0.3) is 0 Å². The molecule has 0 aromatic carbocycles. The van der Waals surface area contributed by atoms with Gasteiger partial charge < -0.3 is 5.11 Å². The maximum atomic E-state index is 10.5. The third kappa shape index (κ3) is 2.70. The van der Waals surface area contributed by atoms with E-state index in [1.165, 1.54) is 6.42 Å². The smallest absolute Gasteiger partial charge is 0.304 e. The molecule has 0 amide bonds. The van der Waals surface area contributed by atoms with Gasteiger partial charge in [0.1, 0.15) is 0 Å². The third-order valence-electron chi connectivity index (χ3n) is 2.55. The van der Waals surface area contributed by atoms with Crippen molar-refractivity contribution in [2.45, 2.75) is 43.8 Å². The molecule has 0 aromatic rings. The summed E-state index contributed by atoms with van der Waals surface area (Å²) in [5, 5.41) is 8.67. The summed E-state index contributed by atoms with van der Waals surface area (Å²) >= 11 is 4.47. The molecule has 2 nitrogen and oxygen atoms in total. The predicted octanol–water partition coefficient (Wildman–Crippen LogP) is 2.34. The minimum atomic E-state index is -0.723. The van der Waals surface area contributed by atoms with Crippen molar-refractivity contribution in [2.75, 3.05) is 0 Å². The second kappa shape index (κ2) is 3.69. The Balaban J connectivity index is 2.51. The van der Waals surface area contributed by atoms with Crippen LogP contribution in [0.2, 0.25) is 0 Å². The topological polar surface area (TPSA) is 37.3 Å². The molecule has 1 aliphatic carbocycles. The summed E-state index contributed by atoms with van der Waals surface area (Å²) in [6.45, 7) is 2.17. The second-order valence-corrected chi connectivity index (χ2v) is 4.95. The Morgan fingerprint density at radius 2 is 2.42 bits per heavy atom. The Bertz CT molecular complexity index is 181. The fourth-order valence-corrected chi connectivity index (χ4v) is 2.68. The van der Waals surface area contributed by atoms with Crippen LogP contribution in [0, 0.1) is 5.92 Å². The summed E-state index contributed by atoms with van der Waals surface area (Å²) in [6, 6.07) is 0. The zero-order valence-corrected chi connectivity index (χ0v) is 8.31. The molecular formula is C9H16O2S. The Kier molecular flexibility index (Phi) is 3.04. The molecule has 3 heteroatoms. The van der Waals surface area contributed by atoms with E-state index in [0.717, 1.165) is 19.3 Å². The Labute approximate surface area is 78.8 Å². The van der Waals surface area contributed by atoms with Gasteiger partial charge in [0.2, 0.25) is 0 Å². The van der Waals surface area contributed by atoms with Crippen LogP contribution in [0.3, 0.4) is 0 Å². The van der Waals surface area contributed by atoms with Crippen LogP contribution in [0.15, 0.2) is 0 Å². The van der Waals surface area contributed by atoms with E-state index in [4.69, 9.17) is 5.11 Å². The SMILES string of the molecule is CC1CCCC(S)(CC(=O)O)C1. The van der Waals surface area contributed by atoms with Gasteiger partial charge in [-0.05, 0) is 18.8 Å². The van der Waals surface area contributed by atoms with Crippen LogP contribution in [-0.2, 0) is 4.79 Å². The van der Waals surface area contributed by atoms with Gasteiger partial charge >= 0.3 is 5.97 Å². The molecule has 0 heterocycles. The van der Waals surface area contributed by atoms with Crippen LogP contribution in [-0.4, -0.2) is 15.8 Å². The van der Waals surface area contributed by atoms with Crippen LogP contribution in [0.1, 0.15) is 39.0 Å². The molecule has 0 saturated heterocycles. The quantitative estimate of drug-likeness (QED) is 0.653. The molecule has 0 spiro atoms. The summed E-state index contributed by atoms with van der Waals surface area (Å²) in [7, 11) is 0. The van der Waals surface area contributed by atoms with Crippen molar-refractivity contribution in [3.8, 4) is 0 Å². The number of thiol groups is 1. The summed E-state index contributed by atoms with van der Waals surface area (Å²) < 4.78 is -0.233. The van der Waals surface area contributed by atoms with E-state index in [9.17, 15) is 4.79 Å². The lowest BCUT2D eigenvalue weighted by molar-refractivity contribution is -0.137. The highest BCUT2D eigenvalue weighted by Gasteiger charge is 2.33. The van der Waals surface area contributed by atoms with Crippen LogP contribution >= 0.6 is 12.6 Å². The normalized spacial score (nSPS) is 36.3. The number of carboxylic acid groups (broad SMARTS) is 1. The number of hydrogen-bond donors (Lipinski definition) is 2. The van der Waals surface area contributed by atoms with Gasteiger partial charge in [0.15, 0.2) is 0 Å². The zero-order chi connectivity index (χ0) is 9.19. The number of carbonyl (C=O) groups is 1. The minimum absolute atomic E-state index is 0.209. The first-order valence-corrected chi connectivity index (χ1v) is 4.91. The maximum absolute atomic E-state index is 10.5. The van der Waals surface area contributed by atoms with Gasteiger partial charge in [0.05, 0.1) is 6.42 Å². The first-order chi connectivity index (χ1) is 5.52. The summed E-state index contributed by atoms with van der Waals surface area (Å²) in [5.74, 6) is -0.0882. The summed E-state index contributed by atoms with van der Waals surface area (Å²) in [5.41, 5.74) is 0. The minimum Gasteiger partial charge on any atom is -0.481 e. The van der Waals surface area contributed by atoms with Crippen molar-refractivity contribution in [3.05, 3.63) is 0 Å². The molecule has 0 radical (unpaired) electrons. The van der Waals surface area contributed by atoms with Gasteiger partial charge in [0, 0.05) is 4.75 Å². The van der Waals surface area contributed by atoms with E-state index in [0.29, 0.717) is 5.92 Å². The lowest BCUT2D eigenvalue weighted by atomic mass is 9.80. The van der Waals surface area contributed by atoms with Crippen molar-refractivity contribution in [3.63, 3.8) is 0 Å². The van der Waals surface area contributed by atoms with Gasteiger partial charge in [-0.1, -0.05) is 19.8 Å². The summed E-state index contributed by atoms with van der Waals surface area (Å²) in [4.78, 5) is 10.5. The van der Waals surface area contributed by atoms with E-state index in [2.05, 4.69) is 19.6 Å². The fourth-order valence-electron chi connectivity index (χ4n) is 2.07. The van der Waals surface area contributed by atoms with Crippen molar-refractivity contribution in [1.29, 1.82) is 0 Å². The Morgan fingerprint density at radius 1 is 1.75 bits per heavy atom. The largest absolute Gasteiger partial charge is 0.481 e. The molecule has 1 N–H and O–H groups in total. The molecule has 70 valence electrons. The molecule has 1 saturated carbocycles. The molecule has 0 aromatic heterocycles. The van der Waals surface area contributed by atoms with Crippen LogP contribution in [0.4, 0.5) is 0 Å². The van der Waals surface area contributed by atoms with E-state index in [-0.39, 0.29) is 11.2 Å². The zero-order valence-electron chi connectivity index (χ0n) is 7.42. The third-order valence-corrected chi connectivity index (χ3v) is 3.11. The molecule has 0 bridgehead atoms. The van der Waals surface area contributed by atoms with E-state index >= 15 is 0 Å². The molecule has 2 unspecified atom stereocenters. The second-order valence-electron chi connectivity index (χ2n) is 4.00. The first-order valence-electron chi connectivity index (χ1n) is 4.46. The van der Waals surface area contributed by atoms with E-state index < -0.39 is 5.97 Å². The molecular weight excluding hydrogens is 172 g/mol. The van der Waals surface area contributed by atoms with Crippen molar-refractivity contribution in [2.24, 2.45) is 5.92 Å². The Hall–Kier alpha value is -0.180.